The van der Waals surface area contributed by atoms with Crippen molar-refractivity contribution in [2.75, 3.05) is 0 Å². The molecule has 2 rings (SSSR count). The van der Waals surface area contributed by atoms with Gasteiger partial charge in [0.1, 0.15) is 0 Å². The third-order valence-electron chi connectivity index (χ3n) is 8.48. The molecule has 0 bridgehead atoms. The van der Waals surface area contributed by atoms with Crippen molar-refractivity contribution in [2.24, 2.45) is 0 Å². The van der Waals surface area contributed by atoms with Crippen LogP contribution in [0.15, 0.2) is 24.3 Å². The van der Waals surface area contributed by atoms with Crippen molar-refractivity contribution in [1.29, 1.82) is 0 Å². The molecule has 0 N–H and O–H groups in total. The first kappa shape index (κ1) is 33.6. The average molecular weight is 533 g/mol. The Kier molecular flexibility index (Phi) is 8.43. The standard InChI is InChI=1S/C39H64/c1-33(2,3)26-23-28(35(7,8)9)29(24-27(26)34(4,5)6)39(19,20)25-21-30(36(10,11)12)32(38(16,17)18)31(22-25)37(13,14)15/h21-24H,1-20H3. The topological polar surface area (TPSA) is 0 Å². The summed E-state index contributed by atoms with van der Waals surface area (Å²) in [6.45, 7) is 47.8. The lowest BCUT2D eigenvalue weighted by molar-refractivity contribution is 0.489. The van der Waals surface area contributed by atoms with Crippen molar-refractivity contribution >= 4 is 0 Å². The van der Waals surface area contributed by atoms with Gasteiger partial charge in [-0.3, -0.25) is 0 Å². The van der Waals surface area contributed by atoms with Gasteiger partial charge in [-0.25, -0.2) is 0 Å². The predicted octanol–water partition coefficient (Wildman–Crippen LogP) is 11.8. The van der Waals surface area contributed by atoms with Gasteiger partial charge in [0.15, 0.2) is 0 Å². The lowest BCUT2D eigenvalue weighted by Gasteiger charge is -2.41. The van der Waals surface area contributed by atoms with Crippen LogP contribution in [0, 0.1) is 0 Å². The van der Waals surface area contributed by atoms with Crippen LogP contribution in [0.25, 0.3) is 0 Å². The molecule has 0 atom stereocenters. The van der Waals surface area contributed by atoms with Crippen molar-refractivity contribution in [3.8, 4) is 0 Å². The van der Waals surface area contributed by atoms with Gasteiger partial charge in [-0.05, 0) is 77.0 Å². The zero-order chi connectivity index (χ0) is 30.9. The van der Waals surface area contributed by atoms with Crippen LogP contribution in [0.5, 0.6) is 0 Å². The van der Waals surface area contributed by atoms with E-state index in [1.54, 1.807) is 0 Å². The smallest absolute Gasteiger partial charge is 0.0149 e. The summed E-state index contributed by atoms with van der Waals surface area (Å²) >= 11 is 0. The highest BCUT2D eigenvalue weighted by molar-refractivity contribution is 5.56. The van der Waals surface area contributed by atoms with Gasteiger partial charge in [0, 0.05) is 5.41 Å². The summed E-state index contributed by atoms with van der Waals surface area (Å²) in [5.41, 5.74) is 12.0. The summed E-state index contributed by atoms with van der Waals surface area (Å²) in [6.07, 6.45) is 0. The third-order valence-corrected chi connectivity index (χ3v) is 8.48. The van der Waals surface area contributed by atoms with Crippen LogP contribution in [-0.4, -0.2) is 0 Å². The van der Waals surface area contributed by atoms with Gasteiger partial charge in [-0.2, -0.15) is 0 Å². The van der Waals surface area contributed by atoms with Gasteiger partial charge in [0.05, 0.1) is 0 Å². The van der Waals surface area contributed by atoms with Gasteiger partial charge in [0.2, 0.25) is 0 Å². The van der Waals surface area contributed by atoms with E-state index in [1.165, 1.54) is 44.5 Å². The average Bonchev–Trinajstić information content (AvgIpc) is 2.67. The highest BCUT2D eigenvalue weighted by atomic mass is 14.4. The monoisotopic (exact) mass is 533 g/mol. The fourth-order valence-electron chi connectivity index (χ4n) is 6.13. The zero-order valence-corrected chi connectivity index (χ0v) is 29.8. The van der Waals surface area contributed by atoms with E-state index in [4.69, 9.17) is 0 Å². The maximum atomic E-state index is 2.59. The van der Waals surface area contributed by atoms with Gasteiger partial charge < -0.3 is 0 Å². The second kappa shape index (κ2) is 9.77. The summed E-state index contributed by atoms with van der Waals surface area (Å²) in [4.78, 5) is 0. The first-order valence-electron chi connectivity index (χ1n) is 15.3. The number of hydrogen-bond donors (Lipinski definition) is 0. The summed E-state index contributed by atoms with van der Waals surface area (Å²) < 4.78 is 0. The SMILES string of the molecule is CC(C)(C)c1cc(C(C)(C)C)c(C(C)(C)c2cc(C(C)(C)C)c(C(C)(C)C)c(C(C)(C)C)c2)cc1C(C)(C)C. The van der Waals surface area contributed by atoms with Crippen molar-refractivity contribution in [2.45, 2.75) is 176 Å². The molecule has 220 valence electrons. The van der Waals surface area contributed by atoms with E-state index in [9.17, 15) is 0 Å². The molecule has 39 heavy (non-hydrogen) atoms. The lowest BCUT2D eigenvalue weighted by atomic mass is 9.63. The Bertz CT molecular complexity index is 1150. The largest absolute Gasteiger partial charge is 0.0561 e. The maximum absolute atomic E-state index is 2.59. The molecule has 0 fully saturated rings. The molecule has 0 radical (unpaired) electrons. The highest BCUT2D eigenvalue weighted by Crippen LogP contribution is 2.48. The molecule has 0 saturated heterocycles. The Morgan fingerprint density at radius 1 is 0.282 bits per heavy atom. The van der Waals surface area contributed by atoms with Crippen molar-refractivity contribution < 1.29 is 0 Å². The van der Waals surface area contributed by atoms with E-state index in [2.05, 4.69) is 163 Å². The second-order valence-electron chi connectivity index (χ2n) is 19.0. The molecular formula is C39H64. The third kappa shape index (κ3) is 7.02. The first-order valence-corrected chi connectivity index (χ1v) is 15.3. The van der Waals surface area contributed by atoms with E-state index < -0.39 is 0 Å². The minimum absolute atomic E-state index is 0.0358. The molecule has 0 saturated carbocycles. The van der Waals surface area contributed by atoms with E-state index in [0.717, 1.165) is 0 Å². The van der Waals surface area contributed by atoms with Crippen LogP contribution >= 0.6 is 0 Å². The highest BCUT2D eigenvalue weighted by Gasteiger charge is 2.38. The number of rotatable bonds is 2. The molecule has 0 spiro atoms. The fraction of sp³-hybridized carbons (Fsp3) is 0.692. The fourth-order valence-corrected chi connectivity index (χ4v) is 6.13. The van der Waals surface area contributed by atoms with Crippen LogP contribution in [0.4, 0.5) is 0 Å². The number of hydrogen-bond acceptors (Lipinski definition) is 0. The Morgan fingerprint density at radius 2 is 0.538 bits per heavy atom. The second-order valence-corrected chi connectivity index (χ2v) is 19.0. The Morgan fingerprint density at radius 3 is 0.795 bits per heavy atom. The maximum Gasteiger partial charge on any atom is 0.0149 e. The van der Waals surface area contributed by atoms with E-state index in [1.807, 2.05) is 0 Å². The lowest BCUT2D eigenvalue weighted by Crippen LogP contribution is -2.32. The molecule has 2 aromatic carbocycles. The summed E-state index contributed by atoms with van der Waals surface area (Å²) in [6, 6.07) is 10.3. The summed E-state index contributed by atoms with van der Waals surface area (Å²) in [5, 5.41) is 0. The van der Waals surface area contributed by atoms with Crippen molar-refractivity contribution in [3.63, 3.8) is 0 Å². The van der Waals surface area contributed by atoms with Gasteiger partial charge in [0.25, 0.3) is 0 Å². The molecule has 0 aliphatic carbocycles. The van der Waals surface area contributed by atoms with Gasteiger partial charge in [-0.1, -0.05) is 163 Å². The van der Waals surface area contributed by atoms with E-state index in [0.29, 0.717) is 0 Å². The van der Waals surface area contributed by atoms with E-state index >= 15 is 0 Å². The van der Waals surface area contributed by atoms with Crippen LogP contribution in [0.2, 0.25) is 0 Å². The molecule has 0 heterocycles. The molecule has 0 aromatic heterocycles. The Balaban J connectivity index is 3.18. The molecule has 0 aliphatic rings. The van der Waals surface area contributed by atoms with Crippen molar-refractivity contribution in [1.82, 2.24) is 0 Å². The zero-order valence-electron chi connectivity index (χ0n) is 29.8. The quantitative estimate of drug-likeness (QED) is 0.361. The summed E-state index contributed by atoms with van der Waals surface area (Å²) in [7, 11) is 0. The van der Waals surface area contributed by atoms with Gasteiger partial charge >= 0.3 is 0 Å². The normalized spacial score (nSPS) is 14.7. The van der Waals surface area contributed by atoms with Crippen LogP contribution in [0.3, 0.4) is 0 Å². The minimum Gasteiger partial charge on any atom is -0.0561 e. The molecule has 0 nitrogen and oxygen atoms in total. The van der Waals surface area contributed by atoms with Gasteiger partial charge in [-0.15, -0.1) is 0 Å². The first-order chi connectivity index (χ1) is 16.9. The molecule has 2 aromatic rings. The molecule has 0 amide bonds. The molecular weight excluding hydrogens is 468 g/mol. The van der Waals surface area contributed by atoms with Crippen LogP contribution in [0.1, 0.15) is 183 Å². The van der Waals surface area contributed by atoms with Crippen molar-refractivity contribution in [3.05, 3.63) is 68.8 Å². The molecule has 0 unspecified atom stereocenters. The Labute approximate surface area is 244 Å². The minimum atomic E-state index is -0.157. The van der Waals surface area contributed by atoms with Crippen LogP contribution < -0.4 is 0 Å². The summed E-state index contributed by atoms with van der Waals surface area (Å²) in [5.74, 6) is 0. The molecule has 0 aliphatic heterocycles. The van der Waals surface area contributed by atoms with E-state index in [-0.39, 0.29) is 37.9 Å². The van der Waals surface area contributed by atoms with Crippen LogP contribution in [-0.2, 0) is 37.9 Å². The number of benzene rings is 2. The molecule has 0 heteroatoms. The predicted molar refractivity (Wildman–Crippen MR) is 177 cm³/mol. The Hall–Kier alpha value is -1.56.